The quantitative estimate of drug-likeness (QED) is 0.378. The molecular weight excluding hydrogens is 438 g/mol. The molecule has 0 radical (unpaired) electrons. The summed E-state index contributed by atoms with van der Waals surface area (Å²) >= 11 is 0. The van der Waals surface area contributed by atoms with Crippen LogP contribution in [0.15, 0.2) is 72.8 Å². The number of carbonyl (C=O) groups is 2. The van der Waals surface area contributed by atoms with Crippen molar-refractivity contribution < 1.29 is 19.4 Å². The van der Waals surface area contributed by atoms with Crippen molar-refractivity contribution in [2.75, 3.05) is 13.2 Å². The predicted molar refractivity (Wildman–Crippen MR) is 137 cm³/mol. The first-order valence-corrected chi connectivity index (χ1v) is 12.3. The molecular formula is C30H33NO4. The van der Waals surface area contributed by atoms with Crippen molar-refractivity contribution in [1.82, 2.24) is 4.90 Å². The lowest BCUT2D eigenvalue weighted by atomic mass is 9.98. The van der Waals surface area contributed by atoms with E-state index in [1.54, 1.807) is 0 Å². The van der Waals surface area contributed by atoms with Crippen molar-refractivity contribution in [2.45, 2.75) is 45.6 Å². The Morgan fingerprint density at radius 3 is 2.00 bits per heavy atom. The summed E-state index contributed by atoms with van der Waals surface area (Å²) in [4.78, 5) is 26.9. The Labute approximate surface area is 207 Å². The van der Waals surface area contributed by atoms with Crippen LogP contribution in [0.25, 0.3) is 11.1 Å². The van der Waals surface area contributed by atoms with Crippen LogP contribution in [0.1, 0.15) is 61.4 Å². The van der Waals surface area contributed by atoms with E-state index in [0.29, 0.717) is 24.4 Å². The lowest BCUT2D eigenvalue weighted by molar-refractivity contribution is -0.143. The van der Waals surface area contributed by atoms with Crippen LogP contribution in [0.3, 0.4) is 0 Å². The van der Waals surface area contributed by atoms with Gasteiger partial charge in [0, 0.05) is 12.5 Å². The van der Waals surface area contributed by atoms with Gasteiger partial charge in [-0.25, -0.2) is 9.59 Å². The first kappa shape index (κ1) is 24.5. The van der Waals surface area contributed by atoms with E-state index in [2.05, 4.69) is 38.1 Å². The zero-order chi connectivity index (χ0) is 24.9. The summed E-state index contributed by atoms with van der Waals surface area (Å²) in [7, 11) is 0. The third-order valence-electron chi connectivity index (χ3n) is 6.52. The fourth-order valence-electron chi connectivity index (χ4n) is 5.01. The summed E-state index contributed by atoms with van der Waals surface area (Å²) in [5.41, 5.74) is 6.28. The first-order valence-electron chi connectivity index (χ1n) is 12.3. The van der Waals surface area contributed by atoms with Gasteiger partial charge in [-0.3, -0.25) is 4.90 Å². The highest BCUT2D eigenvalue weighted by atomic mass is 16.6. The predicted octanol–water partition coefficient (Wildman–Crippen LogP) is 6.67. The molecule has 182 valence electrons. The molecule has 35 heavy (non-hydrogen) atoms. The van der Waals surface area contributed by atoms with Crippen LogP contribution in [0, 0.1) is 5.92 Å². The Balaban J connectivity index is 1.55. The van der Waals surface area contributed by atoms with E-state index in [0.717, 1.165) is 34.2 Å². The van der Waals surface area contributed by atoms with Crippen molar-refractivity contribution in [3.8, 4) is 11.1 Å². The Kier molecular flexibility index (Phi) is 7.54. The first-order chi connectivity index (χ1) is 16.9. The molecule has 0 saturated heterocycles. The van der Waals surface area contributed by atoms with Crippen LogP contribution in [0.4, 0.5) is 4.79 Å². The molecule has 0 saturated carbocycles. The number of nitrogens with zero attached hydrogens (tertiary/aromatic N) is 1. The summed E-state index contributed by atoms with van der Waals surface area (Å²) in [6, 6.07) is 22.7. The van der Waals surface area contributed by atoms with Gasteiger partial charge < -0.3 is 9.84 Å². The van der Waals surface area contributed by atoms with Crippen molar-refractivity contribution in [3.63, 3.8) is 0 Å². The van der Waals surface area contributed by atoms with E-state index >= 15 is 0 Å². The monoisotopic (exact) mass is 471 g/mol. The van der Waals surface area contributed by atoms with Crippen LogP contribution in [-0.4, -0.2) is 35.2 Å². The number of carboxylic acid groups (broad SMARTS) is 1. The molecule has 3 aromatic carbocycles. The lowest BCUT2D eigenvalue weighted by Crippen LogP contribution is -2.40. The summed E-state index contributed by atoms with van der Waals surface area (Å²) in [5, 5.41) is 10.1. The minimum atomic E-state index is -1.10. The Bertz CT molecular complexity index is 1140. The number of hydrogen-bond acceptors (Lipinski definition) is 3. The second kappa shape index (κ2) is 10.8. The molecule has 1 unspecified atom stereocenters. The molecule has 0 heterocycles. The van der Waals surface area contributed by atoms with E-state index in [1.807, 2.05) is 55.5 Å². The van der Waals surface area contributed by atoms with Crippen molar-refractivity contribution in [1.29, 1.82) is 0 Å². The number of carbonyl (C=O) groups excluding carboxylic acids is 1. The molecule has 1 N–H and O–H groups in total. The van der Waals surface area contributed by atoms with Gasteiger partial charge in [-0.15, -0.1) is 0 Å². The van der Waals surface area contributed by atoms with E-state index in [9.17, 15) is 14.7 Å². The van der Waals surface area contributed by atoms with Gasteiger partial charge in [0.2, 0.25) is 0 Å². The Morgan fingerprint density at radius 1 is 0.914 bits per heavy atom. The van der Waals surface area contributed by atoms with Crippen LogP contribution in [0.2, 0.25) is 0 Å². The van der Waals surface area contributed by atoms with Gasteiger partial charge in [-0.05, 0) is 52.1 Å². The molecule has 1 atom stereocenters. The number of amides is 1. The van der Waals surface area contributed by atoms with Crippen LogP contribution in [0.5, 0.6) is 0 Å². The normalized spacial score (nSPS) is 13.3. The molecule has 0 aliphatic heterocycles. The van der Waals surface area contributed by atoms with Crippen molar-refractivity contribution in [2.24, 2.45) is 5.92 Å². The van der Waals surface area contributed by atoms with Gasteiger partial charge in [0.25, 0.3) is 0 Å². The zero-order valence-electron chi connectivity index (χ0n) is 20.6. The molecule has 5 nitrogen and oxygen atoms in total. The largest absolute Gasteiger partial charge is 0.479 e. The lowest BCUT2D eigenvalue weighted by Gasteiger charge is -2.29. The topological polar surface area (TPSA) is 66.8 Å². The molecule has 5 heteroatoms. The number of aliphatic carboxylic acids is 1. The maximum Gasteiger partial charge on any atom is 0.410 e. The van der Waals surface area contributed by atoms with Gasteiger partial charge in [0.1, 0.15) is 6.61 Å². The molecule has 1 amide bonds. The molecule has 0 spiro atoms. The van der Waals surface area contributed by atoms with E-state index in [4.69, 9.17) is 4.74 Å². The molecule has 0 aromatic heterocycles. The van der Waals surface area contributed by atoms with Crippen LogP contribution < -0.4 is 0 Å². The summed E-state index contributed by atoms with van der Waals surface area (Å²) in [5.74, 6) is -0.634. The summed E-state index contributed by atoms with van der Waals surface area (Å²) in [6.07, 6.45) is 0.940. The molecule has 0 fully saturated rings. The van der Waals surface area contributed by atoms with Crippen LogP contribution >= 0.6 is 0 Å². The second-order valence-corrected chi connectivity index (χ2v) is 9.58. The van der Waals surface area contributed by atoms with Crippen molar-refractivity contribution in [3.05, 3.63) is 95.1 Å². The minimum absolute atomic E-state index is 0.0755. The third-order valence-corrected chi connectivity index (χ3v) is 6.52. The SMILES string of the molecule is CCCN(C(=O)OCC1c2ccccc2-c2ccccc21)C(C(=O)O)c1ccc(CC(C)C)cc1. The number of hydrogen-bond donors (Lipinski definition) is 1. The number of carboxylic acids is 1. The molecule has 1 aliphatic carbocycles. The zero-order valence-corrected chi connectivity index (χ0v) is 20.6. The van der Waals surface area contributed by atoms with E-state index < -0.39 is 18.1 Å². The van der Waals surface area contributed by atoms with Gasteiger partial charge in [0.05, 0.1) is 0 Å². The molecule has 0 bridgehead atoms. The standard InChI is InChI=1S/C30H33NO4/c1-4-17-31(28(29(32)33)22-15-13-21(14-16-22)18-20(2)3)30(34)35-19-27-25-11-7-5-9-23(25)24-10-6-8-12-26(24)27/h5-16,20,27-28H,4,17-19H2,1-3H3,(H,32,33). The maximum absolute atomic E-state index is 13.3. The number of benzene rings is 3. The number of fused-ring (bicyclic) bond motifs is 3. The number of ether oxygens (including phenoxy) is 1. The van der Waals surface area contributed by atoms with E-state index in [-0.39, 0.29) is 12.5 Å². The molecule has 3 aromatic rings. The van der Waals surface area contributed by atoms with Crippen molar-refractivity contribution >= 4 is 12.1 Å². The Morgan fingerprint density at radius 2 is 1.49 bits per heavy atom. The average molecular weight is 472 g/mol. The Hall–Kier alpha value is -3.60. The third kappa shape index (κ3) is 5.24. The average Bonchev–Trinajstić information content (AvgIpc) is 3.16. The highest BCUT2D eigenvalue weighted by Gasteiger charge is 2.34. The molecule has 4 rings (SSSR count). The smallest absolute Gasteiger partial charge is 0.410 e. The minimum Gasteiger partial charge on any atom is -0.479 e. The molecule has 1 aliphatic rings. The van der Waals surface area contributed by atoms with Gasteiger partial charge in [0.15, 0.2) is 6.04 Å². The fourth-order valence-corrected chi connectivity index (χ4v) is 5.01. The highest BCUT2D eigenvalue weighted by molar-refractivity contribution is 5.82. The van der Waals surface area contributed by atoms with Crippen LogP contribution in [-0.2, 0) is 16.0 Å². The fraction of sp³-hybridized carbons (Fsp3) is 0.333. The van der Waals surface area contributed by atoms with E-state index in [1.165, 1.54) is 4.90 Å². The summed E-state index contributed by atoms with van der Waals surface area (Å²) in [6.45, 7) is 6.67. The number of rotatable bonds is 9. The second-order valence-electron chi connectivity index (χ2n) is 9.58. The van der Waals surface area contributed by atoms with Gasteiger partial charge in [-0.2, -0.15) is 0 Å². The maximum atomic E-state index is 13.3. The highest BCUT2D eigenvalue weighted by Crippen LogP contribution is 2.44. The van der Waals surface area contributed by atoms with Gasteiger partial charge >= 0.3 is 12.1 Å². The summed E-state index contributed by atoms with van der Waals surface area (Å²) < 4.78 is 5.81. The van der Waals surface area contributed by atoms with Gasteiger partial charge in [-0.1, -0.05) is 93.6 Å².